The van der Waals surface area contributed by atoms with E-state index in [-0.39, 0.29) is 0 Å². The summed E-state index contributed by atoms with van der Waals surface area (Å²) in [4.78, 5) is 14.0. The Hall–Kier alpha value is -2.10. The topological polar surface area (TPSA) is 32.3 Å². The molecule has 22 heavy (non-hydrogen) atoms. The van der Waals surface area contributed by atoms with E-state index in [0.717, 1.165) is 43.7 Å². The lowest BCUT2D eigenvalue weighted by Crippen LogP contribution is -2.35. The van der Waals surface area contributed by atoms with Crippen molar-refractivity contribution in [2.24, 2.45) is 5.92 Å². The molecule has 0 bridgehead atoms. The van der Waals surface area contributed by atoms with Crippen LogP contribution < -0.4 is 9.80 Å². The number of aromatic nitrogens is 2. The molecular weight excluding hydrogens is 272 g/mol. The fourth-order valence-corrected chi connectivity index (χ4v) is 3.59. The zero-order valence-electron chi connectivity index (χ0n) is 13.1. The Labute approximate surface area is 131 Å². The van der Waals surface area contributed by atoms with Gasteiger partial charge in [0.15, 0.2) is 0 Å². The molecule has 1 fully saturated rings. The van der Waals surface area contributed by atoms with Gasteiger partial charge in [-0.25, -0.2) is 4.98 Å². The molecule has 0 amide bonds. The standard InChI is InChI=1S/C18H22N4/c1-14-5-4-11-21(13-14)18-19-10-8-17(20-18)22-12-9-15-6-2-3-7-16(15)22/h2-3,6-8,10,14H,4-5,9,11-13H2,1H3. The van der Waals surface area contributed by atoms with Crippen molar-refractivity contribution in [1.29, 1.82) is 0 Å². The Morgan fingerprint density at radius 2 is 2.05 bits per heavy atom. The van der Waals surface area contributed by atoms with Crippen molar-refractivity contribution in [1.82, 2.24) is 9.97 Å². The van der Waals surface area contributed by atoms with Gasteiger partial charge in [-0.15, -0.1) is 0 Å². The fraction of sp³-hybridized carbons (Fsp3) is 0.444. The maximum atomic E-state index is 4.85. The van der Waals surface area contributed by atoms with E-state index in [1.807, 2.05) is 12.3 Å². The number of nitrogens with zero attached hydrogens (tertiary/aromatic N) is 4. The SMILES string of the molecule is CC1CCCN(c2nccc(N3CCc4ccccc43)n2)C1. The molecule has 1 atom stereocenters. The summed E-state index contributed by atoms with van der Waals surface area (Å²) < 4.78 is 0. The lowest BCUT2D eigenvalue weighted by Gasteiger charge is -2.31. The van der Waals surface area contributed by atoms with E-state index >= 15 is 0 Å². The minimum absolute atomic E-state index is 0.730. The lowest BCUT2D eigenvalue weighted by molar-refractivity contribution is 0.442. The van der Waals surface area contributed by atoms with Crippen molar-refractivity contribution in [3.05, 3.63) is 42.1 Å². The second kappa shape index (κ2) is 5.59. The Morgan fingerprint density at radius 1 is 1.14 bits per heavy atom. The van der Waals surface area contributed by atoms with Gasteiger partial charge in [-0.2, -0.15) is 4.98 Å². The summed E-state index contributed by atoms with van der Waals surface area (Å²) in [6.07, 6.45) is 5.55. The number of rotatable bonds is 2. The first-order valence-electron chi connectivity index (χ1n) is 8.25. The molecule has 2 aliphatic heterocycles. The number of para-hydroxylation sites is 1. The molecule has 4 rings (SSSR count). The van der Waals surface area contributed by atoms with Crippen molar-refractivity contribution in [3.8, 4) is 0 Å². The number of anilines is 3. The second-order valence-electron chi connectivity index (χ2n) is 6.44. The Morgan fingerprint density at radius 3 is 2.95 bits per heavy atom. The zero-order chi connectivity index (χ0) is 14.9. The van der Waals surface area contributed by atoms with E-state index in [4.69, 9.17) is 4.98 Å². The molecule has 114 valence electrons. The highest BCUT2D eigenvalue weighted by Gasteiger charge is 2.23. The minimum Gasteiger partial charge on any atom is -0.341 e. The maximum Gasteiger partial charge on any atom is 0.227 e. The van der Waals surface area contributed by atoms with Gasteiger partial charge in [-0.1, -0.05) is 25.1 Å². The summed E-state index contributed by atoms with van der Waals surface area (Å²) in [7, 11) is 0. The monoisotopic (exact) mass is 294 g/mol. The maximum absolute atomic E-state index is 4.85. The average Bonchev–Trinajstić information content (AvgIpc) is 2.99. The number of hydrogen-bond acceptors (Lipinski definition) is 4. The van der Waals surface area contributed by atoms with Crippen LogP contribution >= 0.6 is 0 Å². The Bertz CT molecular complexity index is 670. The molecule has 2 aliphatic rings. The molecule has 1 aromatic carbocycles. The molecule has 1 aromatic heterocycles. The predicted octanol–water partition coefficient (Wildman–Crippen LogP) is 3.41. The van der Waals surface area contributed by atoms with Gasteiger partial charge in [-0.3, -0.25) is 0 Å². The highest BCUT2D eigenvalue weighted by atomic mass is 15.3. The third-order valence-corrected chi connectivity index (χ3v) is 4.73. The van der Waals surface area contributed by atoms with E-state index in [1.165, 1.54) is 24.1 Å². The fourth-order valence-electron chi connectivity index (χ4n) is 3.59. The van der Waals surface area contributed by atoms with Crippen LogP contribution in [0.5, 0.6) is 0 Å². The van der Waals surface area contributed by atoms with Crippen LogP contribution in [-0.4, -0.2) is 29.6 Å². The van der Waals surface area contributed by atoms with Crippen molar-refractivity contribution >= 4 is 17.5 Å². The van der Waals surface area contributed by atoms with Crippen LogP contribution in [0.4, 0.5) is 17.5 Å². The summed E-state index contributed by atoms with van der Waals surface area (Å²) in [5.41, 5.74) is 2.70. The van der Waals surface area contributed by atoms with Crippen LogP contribution in [0.1, 0.15) is 25.3 Å². The van der Waals surface area contributed by atoms with Gasteiger partial charge in [-0.05, 0) is 42.9 Å². The van der Waals surface area contributed by atoms with Crippen LogP contribution in [0.25, 0.3) is 0 Å². The normalized spacial score (nSPS) is 21.0. The molecule has 3 heterocycles. The molecule has 0 radical (unpaired) electrons. The van der Waals surface area contributed by atoms with Gasteiger partial charge in [0.1, 0.15) is 5.82 Å². The highest BCUT2D eigenvalue weighted by Crippen LogP contribution is 2.33. The Balaban J connectivity index is 1.63. The van der Waals surface area contributed by atoms with E-state index in [2.05, 4.69) is 46.0 Å². The van der Waals surface area contributed by atoms with E-state index in [1.54, 1.807) is 0 Å². The van der Waals surface area contributed by atoms with E-state index < -0.39 is 0 Å². The van der Waals surface area contributed by atoms with Gasteiger partial charge in [0.05, 0.1) is 0 Å². The number of benzene rings is 1. The van der Waals surface area contributed by atoms with Crippen molar-refractivity contribution in [3.63, 3.8) is 0 Å². The third kappa shape index (κ3) is 2.43. The largest absolute Gasteiger partial charge is 0.341 e. The van der Waals surface area contributed by atoms with Gasteiger partial charge in [0, 0.05) is 31.5 Å². The van der Waals surface area contributed by atoms with Crippen LogP contribution in [0.3, 0.4) is 0 Å². The van der Waals surface area contributed by atoms with Gasteiger partial charge in [0.2, 0.25) is 5.95 Å². The summed E-state index contributed by atoms with van der Waals surface area (Å²) in [5, 5.41) is 0. The van der Waals surface area contributed by atoms with Crippen LogP contribution in [-0.2, 0) is 6.42 Å². The smallest absolute Gasteiger partial charge is 0.227 e. The number of hydrogen-bond donors (Lipinski definition) is 0. The van der Waals surface area contributed by atoms with Crippen molar-refractivity contribution < 1.29 is 0 Å². The summed E-state index contributed by atoms with van der Waals surface area (Å²) >= 11 is 0. The quantitative estimate of drug-likeness (QED) is 0.849. The van der Waals surface area contributed by atoms with Gasteiger partial charge >= 0.3 is 0 Å². The first-order valence-corrected chi connectivity index (χ1v) is 8.25. The van der Waals surface area contributed by atoms with E-state index in [9.17, 15) is 0 Å². The molecule has 1 saturated heterocycles. The Kier molecular flexibility index (Phi) is 3.45. The molecule has 4 heteroatoms. The van der Waals surface area contributed by atoms with Crippen molar-refractivity contribution in [2.45, 2.75) is 26.2 Å². The molecule has 0 aliphatic carbocycles. The average molecular weight is 294 g/mol. The van der Waals surface area contributed by atoms with Crippen molar-refractivity contribution in [2.75, 3.05) is 29.4 Å². The molecule has 0 saturated carbocycles. The summed E-state index contributed by atoms with van der Waals surface area (Å²) in [6, 6.07) is 10.6. The van der Waals surface area contributed by atoms with Crippen LogP contribution in [0.15, 0.2) is 36.5 Å². The minimum atomic E-state index is 0.730. The second-order valence-corrected chi connectivity index (χ2v) is 6.44. The highest BCUT2D eigenvalue weighted by molar-refractivity contribution is 5.67. The zero-order valence-corrected chi connectivity index (χ0v) is 13.1. The molecule has 2 aromatic rings. The molecule has 0 N–H and O–H groups in total. The van der Waals surface area contributed by atoms with Gasteiger partial charge < -0.3 is 9.80 Å². The first kappa shape index (κ1) is 13.6. The number of fused-ring (bicyclic) bond motifs is 1. The molecule has 0 spiro atoms. The predicted molar refractivity (Wildman–Crippen MR) is 89.8 cm³/mol. The number of piperidine rings is 1. The van der Waals surface area contributed by atoms with Crippen LogP contribution in [0.2, 0.25) is 0 Å². The van der Waals surface area contributed by atoms with E-state index in [0.29, 0.717) is 0 Å². The summed E-state index contributed by atoms with van der Waals surface area (Å²) in [5.74, 6) is 2.63. The molecule has 4 nitrogen and oxygen atoms in total. The molecular formula is C18H22N4. The third-order valence-electron chi connectivity index (χ3n) is 4.73. The first-order chi connectivity index (χ1) is 10.8. The van der Waals surface area contributed by atoms with Gasteiger partial charge in [0.25, 0.3) is 0 Å². The molecule has 1 unspecified atom stereocenters. The lowest BCUT2D eigenvalue weighted by atomic mass is 10.0. The van der Waals surface area contributed by atoms with Crippen LogP contribution in [0, 0.1) is 5.92 Å². The summed E-state index contributed by atoms with van der Waals surface area (Å²) in [6.45, 7) is 5.46.